The van der Waals surface area contributed by atoms with E-state index in [1.807, 2.05) is 38.5 Å². The number of amides is 1. The Morgan fingerprint density at radius 3 is 2.75 bits per heavy atom. The molecular formula is C11H20N4O. The molecule has 0 bridgehead atoms. The minimum absolute atomic E-state index is 0.0295. The summed E-state index contributed by atoms with van der Waals surface area (Å²) in [4.78, 5) is 15.7. The maximum absolute atomic E-state index is 11.5. The van der Waals surface area contributed by atoms with Gasteiger partial charge in [-0.05, 0) is 27.7 Å². The molecule has 0 fully saturated rings. The number of hydrogen-bond acceptors (Lipinski definition) is 3. The first-order chi connectivity index (χ1) is 7.42. The maximum atomic E-state index is 11.5. The maximum Gasteiger partial charge on any atom is 0.239 e. The minimum atomic E-state index is -0.195. The van der Waals surface area contributed by atoms with Crippen molar-refractivity contribution in [2.75, 3.05) is 11.9 Å². The number of aromatic nitrogens is 2. The van der Waals surface area contributed by atoms with Crippen molar-refractivity contribution in [3.8, 4) is 0 Å². The lowest BCUT2D eigenvalue weighted by Crippen LogP contribution is -2.43. The molecule has 0 radical (unpaired) electrons. The lowest BCUT2D eigenvalue weighted by molar-refractivity contribution is -0.120. The molecule has 1 amide bonds. The van der Waals surface area contributed by atoms with Crippen LogP contribution in [-0.2, 0) is 11.3 Å². The van der Waals surface area contributed by atoms with E-state index in [1.54, 1.807) is 6.20 Å². The minimum Gasteiger partial charge on any atom is -0.350 e. The molecule has 2 N–H and O–H groups in total. The van der Waals surface area contributed by atoms with Crippen molar-refractivity contribution >= 4 is 11.9 Å². The monoisotopic (exact) mass is 224 g/mol. The molecule has 1 aromatic heterocycles. The summed E-state index contributed by atoms with van der Waals surface area (Å²) in [5.41, 5.74) is -0.195. The first-order valence-electron chi connectivity index (χ1n) is 5.48. The third-order valence-electron chi connectivity index (χ3n) is 1.98. The Labute approximate surface area is 96.3 Å². The van der Waals surface area contributed by atoms with Crippen molar-refractivity contribution < 1.29 is 4.79 Å². The lowest BCUT2D eigenvalue weighted by Gasteiger charge is -2.20. The van der Waals surface area contributed by atoms with Crippen molar-refractivity contribution in [1.82, 2.24) is 14.9 Å². The fourth-order valence-corrected chi connectivity index (χ4v) is 1.35. The second kappa shape index (κ2) is 5.01. The molecule has 0 aromatic carbocycles. The van der Waals surface area contributed by atoms with Gasteiger partial charge in [0.1, 0.15) is 0 Å². The molecule has 1 heterocycles. The highest BCUT2D eigenvalue weighted by Crippen LogP contribution is 2.03. The molecule has 0 aliphatic heterocycles. The van der Waals surface area contributed by atoms with E-state index in [9.17, 15) is 4.79 Å². The number of carbonyl (C=O) groups excluding carboxylic acids is 1. The zero-order valence-electron chi connectivity index (χ0n) is 10.4. The van der Waals surface area contributed by atoms with E-state index in [-0.39, 0.29) is 18.0 Å². The summed E-state index contributed by atoms with van der Waals surface area (Å²) in [6, 6.07) is 0. The number of anilines is 1. The van der Waals surface area contributed by atoms with Crippen molar-refractivity contribution in [3.05, 3.63) is 12.4 Å². The predicted molar refractivity (Wildman–Crippen MR) is 64.3 cm³/mol. The zero-order valence-corrected chi connectivity index (χ0v) is 10.4. The Morgan fingerprint density at radius 2 is 2.19 bits per heavy atom. The fourth-order valence-electron chi connectivity index (χ4n) is 1.35. The Kier molecular flexibility index (Phi) is 3.93. The first kappa shape index (κ1) is 12.5. The van der Waals surface area contributed by atoms with E-state index >= 15 is 0 Å². The molecule has 1 aromatic rings. The molecular weight excluding hydrogens is 204 g/mol. The molecule has 5 heteroatoms. The SMILES string of the molecule is CCn1ccnc1NCC(=O)NC(C)(C)C. The highest BCUT2D eigenvalue weighted by Gasteiger charge is 2.13. The molecule has 0 saturated heterocycles. The molecule has 1 rings (SSSR count). The van der Waals surface area contributed by atoms with Crippen molar-refractivity contribution in [2.24, 2.45) is 0 Å². The van der Waals surface area contributed by atoms with E-state index in [0.717, 1.165) is 12.5 Å². The number of aryl methyl sites for hydroxylation is 1. The van der Waals surface area contributed by atoms with E-state index in [1.165, 1.54) is 0 Å². The number of hydrogen-bond donors (Lipinski definition) is 2. The van der Waals surface area contributed by atoms with Crippen LogP contribution >= 0.6 is 0 Å². The van der Waals surface area contributed by atoms with Gasteiger partial charge < -0.3 is 15.2 Å². The highest BCUT2D eigenvalue weighted by atomic mass is 16.2. The van der Waals surface area contributed by atoms with Crippen LogP contribution < -0.4 is 10.6 Å². The third-order valence-corrected chi connectivity index (χ3v) is 1.98. The molecule has 16 heavy (non-hydrogen) atoms. The second-order valence-electron chi connectivity index (χ2n) is 4.69. The number of nitrogens with one attached hydrogen (secondary N) is 2. The van der Waals surface area contributed by atoms with Crippen LogP contribution in [-0.4, -0.2) is 27.5 Å². The van der Waals surface area contributed by atoms with Crippen molar-refractivity contribution in [1.29, 1.82) is 0 Å². The summed E-state index contributed by atoms with van der Waals surface area (Å²) in [6.07, 6.45) is 3.59. The molecule has 0 saturated carbocycles. The van der Waals surface area contributed by atoms with Gasteiger partial charge in [-0.15, -0.1) is 0 Å². The molecule has 0 aliphatic rings. The summed E-state index contributed by atoms with van der Waals surface area (Å²) in [7, 11) is 0. The largest absolute Gasteiger partial charge is 0.350 e. The quantitative estimate of drug-likeness (QED) is 0.808. The fraction of sp³-hybridized carbons (Fsp3) is 0.636. The van der Waals surface area contributed by atoms with Gasteiger partial charge in [0.25, 0.3) is 0 Å². The van der Waals surface area contributed by atoms with Gasteiger partial charge in [-0.2, -0.15) is 0 Å². The Hall–Kier alpha value is -1.52. The highest BCUT2D eigenvalue weighted by molar-refractivity contribution is 5.80. The number of carbonyl (C=O) groups is 1. The topological polar surface area (TPSA) is 59.0 Å². The van der Waals surface area contributed by atoms with Crippen molar-refractivity contribution in [3.63, 3.8) is 0 Å². The van der Waals surface area contributed by atoms with Gasteiger partial charge in [0.05, 0.1) is 6.54 Å². The molecule has 0 spiro atoms. The lowest BCUT2D eigenvalue weighted by atomic mass is 10.1. The van der Waals surface area contributed by atoms with Crippen LogP contribution in [0.1, 0.15) is 27.7 Å². The number of rotatable bonds is 4. The van der Waals surface area contributed by atoms with Gasteiger partial charge in [0.2, 0.25) is 11.9 Å². The van der Waals surface area contributed by atoms with Crippen molar-refractivity contribution in [2.45, 2.75) is 39.8 Å². The van der Waals surface area contributed by atoms with Gasteiger partial charge in [-0.1, -0.05) is 0 Å². The van der Waals surface area contributed by atoms with Gasteiger partial charge in [0.15, 0.2) is 0 Å². The van der Waals surface area contributed by atoms with Crippen LogP contribution in [0.15, 0.2) is 12.4 Å². The van der Waals surface area contributed by atoms with Gasteiger partial charge in [-0.25, -0.2) is 4.98 Å². The average molecular weight is 224 g/mol. The van der Waals surface area contributed by atoms with Gasteiger partial charge in [-0.3, -0.25) is 4.79 Å². The number of nitrogens with zero attached hydrogens (tertiary/aromatic N) is 2. The molecule has 90 valence electrons. The Bertz CT molecular complexity index is 351. The predicted octanol–water partition coefficient (Wildman–Crippen LogP) is 1.23. The average Bonchev–Trinajstić information content (AvgIpc) is 2.59. The second-order valence-corrected chi connectivity index (χ2v) is 4.69. The van der Waals surface area contributed by atoms with E-state index in [2.05, 4.69) is 15.6 Å². The van der Waals surface area contributed by atoms with Crippen LogP contribution in [0.4, 0.5) is 5.95 Å². The van der Waals surface area contributed by atoms with E-state index in [0.29, 0.717) is 0 Å². The summed E-state index contributed by atoms with van der Waals surface area (Å²) >= 11 is 0. The van der Waals surface area contributed by atoms with Gasteiger partial charge >= 0.3 is 0 Å². The van der Waals surface area contributed by atoms with Crippen LogP contribution in [0.25, 0.3) is 0 Å². The molecule has 0 unspecified atom stereocenters. The summed E-state index contributed by atoms with van der Waals surface area (Å²) < 4.78 is 1.95. The standard InChI is InChI=1S/C11H20N4O/c1-5-15-7-6-12-10(15)13-8-9(16)14-11(2,3)4/h6-7H,5,8H2,1-4H3,(H,12,13)(H,14,16). The molecule has 5 nitrogen and oxygen atoms in total. The smallest absolute Gasteiger partial charge is 0.239 e. The Morgan fingerprint density at radius 1 is 1.50 bits per heavy atom. The first-order valence-corrected chi connectivity index (χ1v) is 5.48. The van der Waals surface area contributed by atoms with Gasteiger partial charge in [0, 0.05) is 24.5 Å². The third kappa shape index (κ3) is 3.92. The Balaban J connectivity index is 2.43. The van der Waals surface area contributed by atoms with Crippen LogP contribution in [0.3, 0.4) is 0 Å². The normalized spacial score (nSPS) is 11.2. The van der Waals surface area contributed by atoms with E-state index < -0.39 is 0 Å². The molecule has 0 atom stereocenters. The summed E-state index contributed by atoms with van der Waals surface area (Å²) in [5.74, 6) is 0.699. The van der Waals surface area contributed by atoms with Crippen LogP contribution in [0, 0.1) is 0 Å². The molecule has 0 aliphatic carbocycles. The number of imidazole rings is 1. The summed E-state index contributed by atoms with van der Waals surface area (Å²) in [6.45, 7) is 8.98. The summed E-state index contributed by atoms with van der Waals surface area (Å²) in [5, 5.41) is 5.89. The van der Waals surface area contributed by atoms with Crippen LogP contribution in [0.2, 0.25) is 0 Å². The van der Waals surface area contributed by atoms with E-state index in [4.69, 9.17) is 0 Å². The zero-order chi connectivity index (χ0) is 12.2. The van der Waals surface area contributed by atoms with Crippen LogP contribution in [0.5, 0.6) is 0 Å².